The highest BCUT2D eigenvalue weighted by Gasteiger charge is 2.16. The van der Waals surface area contributed by atoms with Crippen LogP contribution in [0.15, 0.2) is 51.7 Å². The number of aromatic nitrogens is 1. The molecule has 0 amide bonds. The third kappa shape index (κ3) is 2.57. The Kier molecular flexibility index (Phi) is 3.51. The van der Waals surface area contributed by atoms with E-state index in [4.69, 9.17) is 13.9 Å². The number of ether oxygens (including phenoxy) is 2. The second-order valence-corrected chi connectivity index (χ2v) is 5.32. The predicted octanol–water partition coefficient (Wildman–Crippen LogP) is 2.11. The minimum atomic E-state index is -0.328. The Balaban J connectivity index is 1.42. The number of nitrogens with zero attached hydrogens (tertiary/aromatic N) is 1. The molecule has 0 spiro atoms. The summed E-state index contributed by atoms with van der Waals surface area (Å²) in [5.74, 6) is 1.25. The molecule has 2 heterocycles. The largest absolute Gasteiger partial charge is 0.454 e. The van der Waals surface area contributed by atoms with E-state index >= 15 is 0 Å². The molecule has 0 unspecified atom stereocenters. The zero-order valence-corrected chi connectivity index (χ0v) is 12.5. The van der Waals surface area contributed by atoms with E-state index in [9.17, 15) is 4.79 Å². The summed E-state index contributed by atoms with van der Waals surface area (Å²) in [6.07, 6.45) is 0. The van der Waals surface area contributed by atoms with Crippen molar-refractivity contribution in [2.45, 2.75) is 13.1 Å². The highest BCUT2D eigenvalue weighted by molar-refractivity contribution is 5.72. The normalized spacial score (nSPS) is 12.9. The van der Waals surface area contributed by atoms with Crippen molar-refractivity contribution in [1.82, 2.24) is 9.88 Å². The second kappa shape index (κ2) is 5.81. The minimum Gasteiger partial charge on any atom is -0.454 e. The van der Waals surface area contributed by atoms with E-state index in [0.29, 0.717) is 25.2 Å². The molecule has 0 radical (unpaired) electrons. The summed E-state index contributed by atoms with van der Waals surface area (Å²) in [6, 6.07) is 13.3. The Morgan fingerprint density at radius 3 is 2.96 bits per heavy atom. The summed E-state index contributed by atoms with van der Waals surface area (Å²) in [5.41, 5.74) is 2.48. The third-order valence-corrected chi connectivity index (χ3v) is 3.88. The Labute approximate surface area is 132 Å². The van der Waals surface area contributed by atoms with Crippen molar-refractivity contribution in [2.75, 3.05) is 13.3 Å². The molecule has 0 saturated heterocycles. The number of rotatable bonds is 5. The summed E-state index contributed by atoms with van der Waals surface area (Å²) in [6.45, 7) is 2.11. The quantitative estimate of drug-likeness (QED) is 0.731. The lowest BCUT2D eigenvalue weighted by Gasteiger charge is -2.08. The molecule has 0 saturated carbocycles. The zero-order valence-electron chi connectivity index (χ0n) is 12.5. The van der Waals surface area contributed by atoms with Crippen molar-refractivity contribution in [3.63, 3.8) is 0 Å². The van der Waals surface area contributed by atoms with Gasteiger partial charge in [-0.2, -0.15) is 0 Å². The maximum atomic E-state index is 11.9. The van der Waals surface area contributed by atoms with Crippen molar-refractivity contribution < 1.29 is 13.9 Å². The Hall–Kier alpha value is -2.73. The van der Waals surface area contributed by atoms with Crippen LogP contribution in [0.2, 0.25) is 0 Å². The summed E-state index contributed by atoms with van der Waals surface area (Å²) in [4.78, 5) is 11.9. The molecule has 0 bridgehead atoms. The molecule has 0 aliphatic carbocycles. The van der Waals surface area contributed by atoms with E-state index in [1.807, 2.05) is 36.4 Å². The molecular formula is C17H16N2O4. The van der Waals surface area contributed by atoms with Gasteiger partial charge in [-0.1, -0.05) is 24.3 Å². The van der Waals surface area contributed by atoms with Crippen LogP contribution in [0, 0.1) is 0 Å². The van der Waals surface area contributed by atoms with Gasteiger partial charge in [0.05, 0.1) is 5.52 Å². The molecule has 1 aromatic heterocycles. The van der Waals surface area contributed by atoms with E-state index in [1.165, 1.54) is 0 Å². The van der Waals surface area contributed by atoms with Crippen LogP contribution in [-0.2, 0) is 13.1 Å². The third-order valence-electron chi connectivity index (χ3n) is 3.88. The number of hydrogen-bond donors (Lipinski definition) is 1. The number of oxazole rings is 1. The Morgan fingerprint density at radius 1 is 1.09 bits per heavy atom. The van der Waals surface area contributed by atoms with Gasteiger partial charge >= 0.3 is 5.76 Å². The van der Waals surface area contributed by atoms with E-state index in [1.54, 1.807) is 10.6 Å². The number of benzene rings is 2. The first-order valence-corrected chi connectivity index (χ1v) is 7.49. The molecule has 2 aromatic carbocycles. The summed E-state index contributed by atoms with van der Waals surface area (Å²) >= 11 is 0. The van der Waals surface area contributed by atoms with Crippen molar-refractivity contribution in [2.24, 2.45) is 0 Å². The van der Waals surface area contributed by atoms with Gasteiger partial charge in [0.2, 0.25) is 6.79 Å². The second-order valence-electron chi connectivity index (χ2n) is 5.32. The molecule has 0 atom stereocenters. The van der Waals surface area contributed by atoms with Gasteiger partial charge in [-0.25, -0.2) is 4.79 Å². The zero-order chi connectivity index (χ0) is 15.6. The number of hydrogen-bond acceptors (Lipinski definition) is 5. The highest BCUT2D eigenvalue weighted by atomic mass is 16.7. The van der Waals surface area contributed by atoms with E-state index in [2.05, 4.69) is 5.32 Å². The van der Waals surface area contributed by atoms with Crippen molar-refractivity contribution in [3.05, 3.63) is 58.6 Å². The average Bonchev–Trinajstić information content (AvgIpc) is 3.16. The first-order valence-electron chi connectivity index (χ1n) is 7.49. The molecule has 23 heavy (non-hydrogen) atoms. The lowest BCUT2D eigenvalue weighted by atomic mass is 10.2. The van der Waals surface area contributed by atoms with Crippen LogP contribution in [0.25, 0.3) is 11.1 Å². The van der Waals surface area contributed by atoms with Gasteiger partial charge in [0, 0.05) is 25.2 Å². The van der Waals surface area contributed by atoms with Crippen LogP contribution < -0.4 is 20.5 Å². The van der Waals surface area contributed by atoms with Gasteiger partial charge in [-0.05, 0) is 18.2 Å². The summed E-state index contributed by atoms with van der Waals surface area (Å²) < 4.78 is 17.7. The average molecular weight is 312 g/mol. The maximum absolute atomic E-state index is 11.9. The van der Waals surface area contributed by atoms with Crippen LogP contribution in [0.4, 0.5) is 0 Å². The molecule has 0 fully saturated rings. The fourth-order valence-corrected chi connectivity index (χ4v) is 2.77. The smallest absolute Gasteiger partial charge is 0.419 e. The van der Waals surface area contributed by atoms with Gasteiger partial charge in [0.25, 0.3) is 0 Å². The Bertz CT molecular complexity index is 897. The standard InChI is InChI=1S/C17H16N2O4/c20-17-19(13-5-1-2-6-14(13)23-17)9-8-18-10-12-4-3-7-15-16(12)22-11-21-15/h1-7,18H,8-11H2. The maximum Gasteiger partial charge on any atom is 0.419 e. The summed E-state index contributed by atoms with van der Waals surface area (Å²) in [5, 5.41) is 3.32. The van der Waals surface area contributed by atoms with Crippen LogP contribution >= 0.6 is 0 Å². The van der Waals surface area contributed by atoms with Gasteiger partial charge < -0.3 is 19.2 Å². The van der Waals surface area contributed by atoms with Crippen molar-refractivity contribution >= 4 is 11.1 Å². The van der Waals surface area contributed by atoms with Crippen LogP contribution in [0.5, 0.6) is 11.5 Å². The SMILES string of the molecule is O=c1oc2ccccc2n1CCNCc1cccc2c1OCO2. The van der Waals surface area contributed by atoms with Gasteiger partial charge in [0.1, 0.15) is 0 Å². The first-order chi connectivity index (χ1) is 11.3. The molecule has 4 rings (SSSR count). The van der Waals surface area contributed by atoms with E-state index < -0.39 is 0 Å². The van der Waals surface area contributed by atoms with Crippen molar-refractivity contribution in [3.8, 4) is 11.5 Å². The fraction of sp³-hybridized carbons (Fsp3) is 0.235. The molecular weight excluding hydrogens is 296 g/mol. The monoisotopic (exact) mass is 312 g/mol. The number of fused-ring (bicyclic) bond motifs is 2. The van der Waals surface area contributed by atoms with Crippen LogP contribution in [-0.4, -0.2) is 17.9 Å². The minimum absolute atomic E-state index is 0.267. The lowest BCUT2D eigenvalue weighted by molar-refractivity contribution is 0.173. The summed E-state index contributed by atoms with van der Waals surface area (Å²) in [7, 11) is 0. The Morgan fingerprint density at radius 2 is 2.00 bits per heavy atom. The van der Waals surface area contributed by atoms with Crippen LogP contribution in [0.3, 0.4) is 0 Å². The molecule has 6 heteroatoms. The molecule has 1 aliphatic rings. The van der Waals surface area contributed by atoms with Gasteiger partial charge in [-0.15, -0.1) is 0 Å². The first kappa shape index (κ1) is 13.9. The number of nitrogens with one attached hydrogen (secondary N) is 1. The van der Waals surface area contributed by atoms with E-state index in [0.717, 1.165) is 22.6 Å². The molecule has 6 nitrogen and oxygen atoms in total. The van der Waals surface area contributed by atoms with Crippen molar-refractivity contribution in [1.29, 1.82) is 0 Å². The lowest BCUT2D eigenvalue weighted by Crippen LogP contribution is -2.24. The van der Waals surface area contributed by atoms with Gasteiger partial charge in [0.15, 0.2) is 17.1 Å². The van der Waals surface area contributed by atoms with E-state index in [-0.39, 0.29) is 12.5 Å². The fourth-order valence-electron chi connectivity index (χ4n) is 2.77. The molecule has 1 N–H and O–H groups in total. The highest BCUT2D eigenvalue weighted by Crippen LogP contribution is 2.35. The van der Waals surface area contributed by atoms with Gasteiger partial charge in [-0.3, -0.25) is 4.57 Å². The molecule has 3 aromatic rings. The molecule has 118 valence electrons. The molecule has 1 aliphatic heterocycles. The van der Waals surface area contributed by atoms with Crippen LogP contribution in [0.1, 0.15) is 5.56 Å². The predicted molar refractivity (Wildman–Crippen MR) is 84.7 cm³/mol. The number of para-hydroxylation sites is 3. The topological polar surface area (TPSA) is 65.6 Å².